The van der Waals surface area contributed by atoms with Crippen LogP contribution in [0.3, 0.4) is 0 Å². The van der Waals surface area contributed by atoms with E-state index in [9.17, 15) is 0 Å². The Morgan fingerprint density at radius 2 is 1.83 bits per heavy atom. The normalized spacial score (nSPS) is 14.5. The second-order valence-electron chi connectivity index (χ2n) is 9.60. The molecule has 2 aromatic carbocycles. The molecule has 0 amide bonds. The number of aryl methyl sites for hydroxylation is 4. The summed E-state index contributed by atoms with van der Waals surface area (Å²) in [4.78, 5) is 9.92. The van der Waals surface area contributed by atoms with Crippen LogP contribution in [0.5, 0.6) is 0 Å². The summed E-state index contributed by atoms with van der Waals surface area (Å²) in [6.07, 6.45) is 2.76. The van der Waals surface area contributed by atoms with Crippen LogP contribution in [0.1, 0.15) is 64.6 Å². The Kier molecular flexibility index (Phi) is 5.29. The van der Waals surface area contributed by atoms with Gasteiger partial charge in [-0.15, -0.1) is 10.2 Å². The SMILES string of the molecule is CCc1nc2c(C)cc(C)nc2n1-c1ccc2c(c1C)CCc1ccccc1/C2=C(/C)c1nn[nH]n1. The zero-order valence-electron chi connectivity index (χ0n) is 21.3. The molecule has 1 N–H and O–H groups in total. The number of nitrogens with zero attached hydrogens (tertiary/aromatic N) is 6. The number of nitrogens with one attached hydrogen (secondary N) is 1. The maximum absolute atomic E-state index is 4.99. The van der Waals surface area contributed by atoms with Gasteiger partial charge in [0.2, 0.25) is 5.82 Å². The van der Waals surface area contributed by atoms with E-state index in [1.54, 1.807) is 0 Å². The number of hydrogen-bond donors (Lipinski definition) is 1. The largest absolute Gasteiger partial charge is 0.280 e. The monoisotopic (exact) mass is 475 g/mol. The van der Waals surface area contributed by atoms with Crippen LogP contribution in [0, 0.1) is 20.8 Å². The Balaban J connectivity index is 1.64. The van der Waals surface area contributed by atoms with Gasteiger partial charge in [0.1, 0.15) is 11.3 Å². The minimum absolute atomic E-state index is 0.624. The van der Waals surface area contributed by atoms with E-state index in [0.29, 0.717) is 5.82 Å². The molecule has 0 bridgehead atoms. The van der Waals surface area contributed by atoms with Crippen LogP contribution in [-0.2, 0) is 19.3 Å². The lowest BCUT2D eigenvalue weighted by molar-refractivity contribution is 0.881. The summed E-state index contributed by atoms with van der Waals surface area (Å²) < 4.78 is 2.26. The first-order chi connectivity index (χ1) is 17.5. The van der Waals surface area contributed by atoms with Gasteiger partial charge >= 0.3 is 0 Å². The van der Waals surface area contributed by atoms with Gasteiger partial charge < -0.3 is 0 Å². The van der Waals surface area contributed by atoms with Crippen molar-refractivity contribution in [1.29, 1.82) is 0 Å². The fraction of sp³-hybridized carbons (Fsp3) is 0.276. The summed E-state index contributed by atoms with van der Waals surface area (Å²) in [5.41, 5.74) is 13.8. The Hall–Kier alpha value is -4.13. The van der Waals surface area contributed by atoms with Crippen molar-refractivity contribution in [3.8, 4) is 5.69 Å². The van der Waals surface area contributed by atoms with E-state index in [1.807, 2.05) is 6.92 Å². The first-order valence-electron chi connectivity index (χ1n) is 12.5. The molecule has 7 nitrogen and oxygen atoms in total. The molecule has 36 heavy (non-hydrogen) atoms. The Bertz CT molecular complexity index is 1660. The van der Waals surface area contributed by atoms with Gasteiger partial charge in [-0.2, -0.15) is 5.21 Å². The van der Waals surface area contributed by atoms with Gasteiger partial charge in [-0.25, -0.2) is 9.97 Å². The molecule has 7 heteroatoms. The summed E-state index contributed by atoms with van der Waals surface area (Å²) in [5, 5.41) is 15.0. The number of tetrazole rings is 1. The second kappa shape index (κ2) is 8.52. The van der Waals surface area contributed by atoms with Gasteiger partial charge in [0.25, 0.3) is 0 Å². The van der Waals surface area contributed by atoms with E-state index in [4.69, 9.17) is 9.97 Å². The van der Waals surface area contributed by atoms with Crippen LogP contribution in [0.25, 0.3) is 28.0 Å². The van der Waals surface area contributed by atoms with E-state index in [2.05, 4.69) is 95.4 Å². The van der Waals surface area contributed by atoms with Crippen LogP contribution in [0.15, 0.2) is 42.5 Å². The minimum Gasteiger partial charge on any atom is -0.280 e. The molecule has 0 fully saturated rings. The highest BCUT2D eigenvalue weighted by Gasteiger charge is 2.25. The van der Waals surface area contributed by atoms with Gasteiger partial charge in [-0.3, -0.25) is 4.57 Å². The highest BCUT2D eigenvalue weighted by atomic mass is 15.5. The third-order valence-electron chi connectivity index (χ3n) is 7.39. The van der Waals surface area contributed by atoms with Gasteiger partial charge in [0.15, 0.2) is 5.65 Å². The lowest BCUT2D eigenvalue weighted by atomic mass is 9.88. The van der Waals surface area contributed by atoms with Crippen LogP contribution in [0.2, 0.25) is 0 Å². The number of imidazole rings is 1. The van der Waals surface area contributed by atoms with Gasteiger partial charge in [-0.05, 0) is 96.8 Å². The fourth-order valence-corrected chi connectivity index (χ4v) is 5.66. The maximum Gasteiger partial charge on any atom is 0.201 e. The first kappa shape index (κ1) is 22.3. The summed E-state index contributed by atoms with van der Waals surface area (Å²) in [6, 6.07) is 15.3. The van der Waals surface area contributed by atoms with Crippen LogP contribution >= 0.6 is 0 Å². The van der Waals surface area contributed by atoms with Gasteiger partial charge in [0, 0.05) is 17.7 Å². The van der Waals surface area contributed by atoms with Crippen LogP contribution < -0.4 is 0 Å². The molecule has 0 aliphatic heterocycles. The summed E-state index contributed by atoms with van der Waals surface area (Å²) in [6.45, 7) is 10.6. The number of pyridine rings is 1. The number of aromatic nitrogens is 7. The van der Waals surface area contributed by atoms with Crippen molar-refractivity contribution in [2.24, 2.45) is 0 Å². The van der Waals surface area contributed by atoms with Crippen molar-refractivity contribution in [3.63, 3.8) is 0 Å². The molecular weight excluding hydrogens is 446 g/mol. The number of allylic oxidation sites excluding steroid dienone is 1. The number of aromatic amines is 1. The molecule has 6 rings (SSSR count). The maximum atomic E-state index is 4.99. The van der Waals surface area contributed by atoms with Gasteiger partial charge in [0.05, 0.1) is 5.69 Å². The highest BCUT2D eigenvalue weighted by molar-refractivity contribution is 5.99. The van der Waals surface area contributed by atoms with E-state index in [0.717, 1.165) is 58.8 Å². The average molecular weight is 476 g/mol. The number of fused-ring (bicyclic) bond motifs is 3. The number of benzene rings is 2. The van der Waals surface area contributed by atoms with E-state index < -0.39 is 0 Å². The van der Waals surface area contributed by atoms with Crippen molar-refractivity contribution in [3.05, 3.63) is 93.2 Å². The van der Waals surface area contributed by atoms with E-state index in [1.165, 1.54) is 33.4 Å². The predicted molar refractivity (Wildman–Crippen MR) is 142 cm³/mol. The van der Waals surface area contributed by atoms with Crippen molar-refractivity contribution < 1.29 is 0 Å². The lowest BCUT2D eigenvalue weighted by Crippen LogP contribution is -2.07. The summed E-state index contributed by atoms with van der Waals surface area (Å²) in [5.74, 6) is 1.66. The van der Waals surface area contributed by atoms with E-state index in [-0.39, 0.29) is 0 Å². The molecular formula is C29H29N7. The van der Waals surface area contributed by atoms with Crippen molar-refractivity contribution in [1.82, 2.24) is 35.2 Å². The molecule has 0 atom stereocenters. The van der Waals surface area contributed by atoms with Gasteiger partial charge in [-0.1, -0.05) is 37.3 Å². The third kappa shape index (κ3) is 3.38. The third-order valence-corrected chi connectivity index (χ3v) is 7.39. The van der Waals surface area contributed by atoms with E-state index >= 15 is 0 Å². The first-order valence-corrected chi connectivity index (χ1v) is 12.5. The topological polar surface area (TPSA) is 85.2 Å². The highest BCUT2D eigenvalue weighted by Crippen LogP contribution is 2.40. The molecule has 0 radical (unpaired) electrons. The molecule has 1 aliphatic carbocycles. The van der Waals surface area contributed by atoms with Crippen LogP contribution in [0.4, 0.5) is 0 Å². The molecule has 3 heterocycles. The Morgan fingerprint density at radius 1 is 1.00 bits per heavy atom. The fourth-order valence-electron chi connectivity index (χ4n) is 5.66. The molecule has 0 spiro atoms. The summed E-state index contributed by atoms with van der Waals surface area (Å²) >= 11 is 0. The zero-order valence-corrected chi connectivity index (χ0v) is 21.3. The summed E-state index contributed by atoms with van der Waals surface area (Å²) in [7, 11) is 0. The molecule has 0 unspecified atom stereocenters. The molecule has 0 saturated heterocycles. The lowest BCUT2D eigenvalue weighted by Gasteiger charge is -2.19. The number of H-pyrrole nitrogens is 1. The molecule has 5 aromatic rings. The van der Waals surface area contributed by atoms with Crippen LogP contribution in [-0.4, -0.2) is 35.2 Å². The average Bonchev–Trinajstić information content (AvgIpc) is 3.49. The number of hydrogen-bond acceptors (Lipinski definition) is 5. The van der Waals surface area contributed by atoms with Crippen molar-refractivity contribution in [2.45, 2.75) is 53.9 Å². The minimum atomic E-state index is 0.624. The predicted octanol–water partition coefficient (Wildman–Crippen LogP) is 5.50. The quantitative estimate of drug-likeness (QED) is 0.372. The smallest absolute Gasteiger partial charge is 0.201 e. The molecule has 3 aromatic heterocycles. The standard InChI is InChI=1S/C29H29N7/c1-6-25-31-27-16(2)15-17(3)30-29(27)36(25)24-14-13-23-21(18(24)4)12-11-20-9-7-8-10-22(20)26(23)19(5)28-32-34-35-33-28/h7-10,13-15H,6,11-12H2,1-5H3,(H,32,33,34,35)/b26-19+. The second-order valence-corrected chi connectivity index (χ2v) is 9.60. The number of rotatable bonds is 3. The molecule has 0 saturated carbocycles. The zero-order chi connectivity index (χ0) is 25.0. The Morgan fingerprint density at radius 3 is 2.61 bits per heavy atom. The van der Waals surface area contributed by atoms with Crippen molar-refractivity contribution in [2.75, 3.05) is 0 Å². The van der Waals surface area contributed by atoms with Crippen molar-refractivity contribution >= 4 is 22.3 Å². The molecule has 180 valence electrons. The molecule has 1 aliphatic rings. The Labute approximate surface area is 210 Å².